The first-order valence-corrected chi connectivity index (χ1v) is 11.0. The van der Waals surface area contributed by atoms with Gasteiger partial charge in [0.1, 0.15) is 5.75 Å². The Kier molecular flexibility index (Phi) is 8.28. The average molecular weight is 451 g/mol. The van der Waals surface area contributed by atoms with Gasteiger partial charge in [0.05, 0.1) is 35.7 Å². The topological polar surface area (TPSA) is 67.4 Å². The number of nitrogens with one attached hydrogen (secondary N) is 2. The number of rotatable bonds is 9. The normalized spacial score (nSPS) is 12.5. The van der Waals surface area contributed by atoms with E-state index in [1.54, 1.807) is 24.3 Å². The smallest absolute Gasteiger partial charge is 0.253 e. The number of ether oxygens (including phenoxy) is 1. The molecule has 2 amide bonds. The fraction of sp³-hybridized carbons (Fsp3) is 0.231. The molecule has 0 saturated heterocycles. The zero-order valence-electron chi connectivity index (χ0n) is 18.2. The van der Waals surface area contributed by atoms with Gasteiger partial charge in [-0.1, -0.05) is 66.2 Å². The molecular weight excluding hydrogens is 424 g/mol. The number of halogens is 1. The number of carbonyl (C=O) groups is 2. The molecule has 0 spiro atoms. The van der Waals surface area contributed by atoms with Crippen LogP contribution in [0.4, 0.5) is 0 Å². The van der Waals surface area contributed by atoms with Crippen LogP contribution in [0.15, 0.2) is 78.9 Å². The molecule has 3 aromatic carbocycles. The van der Waals surface area contributed by atoms with E-state index in [1.165, 1.54) is 0 Å². The van der Waals surface area contributed by atoms with Gasteiger partial charge < -0.3 is 15.4 Å². The minimum atomic E-state index is -0.493. The van der Waals surface area contributed by atoms with E-state index in [0.29, 0.717) is 17.2 Å². The molecule has 0 aliphatic rings. The van der Waals surface area contributed by atoms with E-state index in [2.05, 4.69) is 10.6 Å². The van der Waals surface area contributed by atoms with Crippen molar-refractivity contribution < 1.29 is 14.3 Å². The lowest BCUT2D eigenvalue weighted by Gasteiger charge is -2.21. The second-order valence-electron chi connectivity index (χ2n) is 7.41. The van der Waals surface area contributed by atoms with Gasteiger partial charge in [-0.15, -0.1) is 0 Å². The van der Waals surface area contributed by atoms with E-state index in [1.807, 2.05) is 68.4 Å². The second-order valence-corrected chi connectivity index (χ2v) is 7.82. The third kappa shape index (κ3) is 6.34. The van der Waals surface area contributed by atoms with Crippen LogP contribution in [0.3, 0.4) is 0 Å². The van der Waals surface area contributed by atoms with Crippen molar-refractivity contribution >= 4 is 23.4 Å². The van der Waals surface area contributed by atoms with Crippen LogP contribution in [0.25, 0.3) is 0 Å². The fourth-order valence-electron chi connectivity index (χ4n) is 3.41. The molecule has 0 aliphatic heterocycles. The van der Waals surface area contributed by atoms with Gasteiger partial charge in [0.2, 0.25) is 5.91 Å². The van der Waals surface area contributed by atoms with Gasteiger partial charge in [0, 0.05) is 0 Å². The van der Waals surface area contributed by atoms with Crippen molar-refractivity contribution in [3.8, 4) is 5.75 Å². The molecule has 0 aliphatic carbocycles. The lowest BCUT2D eigenvalue weighted by atomic mass is 10.0. The van der Waals surface area contributed by atoms with E-state index in [9.17, 15) is 9.59 Å². The van der Waals surface area contributed by atoms with Gasteiger partial charge in [-0.05, 0) is 49.2 Å². The average Bonchev–Trinajstić information content (AvgIpc) is 2.80. The fourth-order valence-corrected chi connectivity index (χ4v) is 3.63. The van der Waals surface area contributed by atoms with Gasteiger partial charge in [-0.25, -0.2) is 0 Å². The van der Waals surface area contributed by atoms with Crippen LogP contribution in [-0.4, -0.2) is 18.4 Å². The van der Waals surface area contributed by atoms with E-state index < -0.39 is 6.04 Å². The van der Waals surface area contributed by atoms with Crippen LogP contribution in [0.2, 0.25) is 5.02 Å². The summed E-state index contributed by atoms with van der Waals surface area (Å²) < 4.78 is 5.47. The van der Waals surface area contributed by atoms with Gasteiger partial charge in [-0.3, -0.25) is 9.59 Å². The lowest BCUT2D eigenvalue weighted by Crippen LogP contribution is -2.34. The third-order valence-electron chi connectivity index (χ3n) is 5.08. The summed E-state index contributed by atoms with van der Waals surface area (Å²) in [6.07, 6.45) is 0.0988. The number of hydrogen-bond donors (Lipinski definition) is 2. The monoisotopic (exact) mass is 450 g/mol. The van der Waals surface area contributed by atoms with Crippen molar-refractivity contribution in [3.05, 3.63) is 101 Å². The molecule has 2 N–H and O–H groups in total. The van der Waals surface area contributed by atoms with Crippen molar-refractivity contribution in [2.24, 2.45) is 0 Å². The molecule has 6 heteroatoms. The summed E-state index contributed by atoms with van der Waals surface area (Å²) in [5.41, 5.74) is 2.19. The Morgan fingerprint density at radius 3 is 2.19 bits per heavy atom. The highest BCUT2D eigenvalue weighted by atomic mass is 35.5. The van der Waals surface area contributed by atoms with Crippen LogP contribution in [0.1, 0.15) is 53.8 Å². The Morgan fingerprint density at radius 2 is 1.53 bits per heavy atom. The molecule has 0 aromatic heterocycles. The Morgan fingerprint density at radius 1 is 0.875 bits per heavy atom. The first-order chi connectivity index (χ1) is 15.5. The summed E-state index contributed by atoms with van der Waals surface area (Å²) >= 11 is 6.17. The predicted molar refractivity (Wildman–Crippen MR) is 127 cm³/mol. The van der Waals surface area contributed by atoms with Crippen molar-refractivity contribution in [2.75, 3.05) is 6.61 Å². The summed E-state index contributed by atoms with van der Waals surface area (Å²) in [6, 6.07) is 23.2. The van der Waals surface area contributed by atoms with E-state index in [-0.39, 0.29) is 24.3 Å². The lowest BCUT2D eigenvalue weighted by molar-refractivity contribution is -0.122. The first kappa shape index (κ1) is 23.4. The molecule has 3 aromatic rings. The highest BCUT2D eigenvalue weighted by Gasteiger charge is 2.21. The second kappa shape index (κ2) is 11.3. The highest BCUT2D eigenvalue weighted by molar-refractivity contribution is 6.33. The van der Waals surface area contributed by atoms with Crippen LogP contribution in [-0.2, 0) is 4.79 Å². The van der Waals surface area contributed by atoms with Crippen LogP contribution in [0.5, 0.6) is 5.75 Å². The maximum atomic E-state index is 12.9. The molecule has 0 bridgehead atoms. The summed E-state index contributed by atoms with van der Waals surface area (Å²) in [4.78, 5) is 25.7. The molecule has 3 rings (SSSR count). The highest BCUT2D eigenvalue weighted by Crippen LogP contribution is 2.22. The zero-order valence-corrected chi connectivity index (χ0v) is 18.9. The van der Waals surface area contributed by atoms with E-state index >= 15 is 0 Å². The van der Waals surface area contributed by atoms with Gasteiger partial charge in [0.15, 0.2) is 0 Å². The largest absolute Gasteiger partial charge is 0.494 e. The quantitative estimate of drug-likeness (QED) is 0.453. The first-order valence-electron chi connectivity index (χ1n) is 10.6. The third-order valence-corrected chi connectivity index (χ3v) is 5.41. The van der Waals surface area contributed by atoms with Crippen LogP contribution in [0, 0.1) is 0 Å². The Hall–Kier alpha value is -3.31. The molecule has 5 nitrogen and oxygen atoms in total. The molecule has 166 valence electrons. The molecule has 0 saturated carbocycles. The molecule has 0 heterocycles. The summed E-state index contributed by atoms with van der Waals surface area (Å²) in [5.74, 6) is 0.303. The van der Waals surface area contributed by atoms with Crippen LogP contribution >= 0.6 is 11.6 Å². The SMILES string of the molecule is CCOc1ccc(C(C)NC(=O)CC(NC(=O)c2ccccc2Cl)c2ccccc2)cc1. The van der Waals surface area contributed by atoms with Crippen LogP contribution < -0.4 is 15.4 Å². The zero-order chi connectivity index (χ0) is 22.9. The van der Waals surface area contributed by atoms with Gasteiger partial charge in [-0.2, -0.15) is 0 Å². The molecule has 0 radical (unpaired) electrons. The Labute approximate surface area is 193 Å². The van der Waals surface area contributed by atoms with Gasteiger partial charge in [0.25, 0.3) is 5.91 Å². The number of benzene rings is 3. The summed E-state index contributed by atoms with van der Waals surface area (Å²) in [5, 5.41) is 6.34. The standard InChI is InChI=1S/C26H27ClN2O3/c1-3-32-21-15-13-19(14-16-21)18(2)28-25(30)17-24(20-9-5-4-6-10-20)29-26(31)22-11-7-8-12-23(22)27/h4-16,18,24H,3,17H2,1-2H3,(H,28,30)(H,29,31). The summed E-state index contributed by atoms with van der Waals surface area (Å²) in [6.45, 7) is 4.46. The maximum Gasteiger partial charge on any atom is 0.253 e. The Balaban J connectivity index is 1.69. The predicted octanol–water partition coefficient (Wildman–Crippen LogP) is 5.48. The Bertz CT molecular complexity index is 1040. The van der Waals surface area contributed by atoms with Crippen molar-refractivity contribution in [2.45, 2.75) is 32.4 Å². The molecule has 2 unspecified atom stereocenters. The molecule has 32 heavy (non-hydrogen) atoms. The number of hydrogen-bond acceptors (Lipinski definition) is 3. The van der Waals surface area contributed by atoms with E-state index in [0.717, 1.165) is 16.9 Å². The van der Waals surface area contributed by atoms with Crippen molar-refractivity contribution in [1.29, 1.82) is 0 Å². The van der Waals surface area contributed by atoms with Gasteiger partial charge >= 0.3 is 0 Å². The van der Waals surface area contributed by atoms with Crippen molar-refractivity contribution in [3.63, 3.8) is 0 Å². The van der Waals surface area contributed by atoms with Crippen molar-refractivity contribution in [1.82, 2.24) is 10.6 Å². The molecular formula is C26H27ClN2O3. The minimum Gasteiger partial charge on any atom is -0.494 e. The maximum absolute atomic E-state index is 12.9. The molecule has 0 fully saturated rings. The summed E-state index contributed by atoms with van der Waals surface area (Å²) in [7, 11) is 0. The van der Waals surface area contributed by atoms with E-state index in [4.69, 9.17) is 16.3 Å². The number of amides is 2. The number of carbonyl (C=O) groups excluding carboxylic acids is 2. The minimum absolute atomic E-state index is 0.0988. The molecule has 2 atom stereocenters.